The summed E-state index contributed by atoms with van der Waals surface area (Å²) in [5.74, 6) is 0.759. The molecule has 2 aliphatic rings. The Morgan fingerprint density at radius 2 is 2.11 bits per heavy atom. The highest BCUT2D eigenvalue weighted by molar-refractivity contribution is 14.0. The van der Waals surface area contributed by atoms with Gasteiger partial charge in [0.05, 0.1) is 18.7 Å². The molecule has 0 saturated carbocycles. The van der Waals surface area contributed by atoms with Crippen LogP contribution in [0.3, 0.4) is 0 Å². The van der Waals surface area contributed by atoms with E-state index in [-0.39, 0.29) is 36.1 Å². The first-order chi connectivity index (χ1) is 12.7. The number of aliphatic imine (C=N–C) groups is 1. The summed E-state index contributed by atoms with van der Waals surface area (Å²) in [7, 11) is 0. The molecule has 1 fully saturated rings. The number of fused-ring (bicyclic) bond motifs is 1. The Morgan fingerprint density at radius 3 is 2.79 bits per heavy atom. The van der Waals surface area contributed by atoms with Crippen LogP contribution >= 0.6 is 35.6 Å². The fourth-order valence-electron chi connectivity index (χ4n) is 3.27. The van der Waals surface area contributed by atoms with Gasteiger partial charge in [0.2, 0.25) is 0 Å². The maximum atomic E-state index is 12.3. The second-order valence-electron chi connectivity index (χ2n) is 7.86. The number of nitrogens with one attached hydrogen (secondary N) is 1. The van der Waals surface area contributed by atoms with Gasteiger partial charge in [0.1, 0.15) is 5.60 Å². The molecule has 1 amide bonds. The number of aliphatic hydroxyl groups is 1. The molecular formula is C19H28ClIN4O3. The van der Waals surface area contributed by atoms with Crippen LogP contribution in [-0.4, -0.2) is 71.3 Å². The molecule has 2 N–H and O–H groups in total. The Balaban J connectivity index is 0.00000280. The van der Waals surface area contributed by atoms with Crippen molar-refractivity contribution in [2.45, 2.75) is 38.5 Å². The summed E-state index contributed by atoms with van der Waals surface area (Å²) < 4.78 is 5.46. The summed E-state index contributed by atoms with van der Waals surface area (Å²) in [6.07, 6.45) is -0.999. The molecule has 1 saturated heterocycles. The van der Waals surface area contributed by atoms with Crippen molar-refractivity contribution < 1.29 is 14.6 Å². The van der Waals surface area contributed by atoms with Crippen LogP contribution in [0.1, 0.15) is 32.4 Å². The van der Waals surface area contributed by atoms with E-state index >= 15 is 0 Å². The zero-order chi connectivity index (χ0) is 19.6. The van der Waals surface area contributed by atoms with Crippen LogP contribution in [0.15, 0.2) is 29.3 Å². The summed E-state index contributed by atoms with van der Waals surface area (Å²) in [5.41, 5.74) is 0.193. The lowest BCUT2D eigenvalue weighted by atomic mass is 10.1. The van der Waals surface area contributed by atoms with Crippen LogP contribution in [0, 0.1) is 0 Å². The number of aliphatic hydroxyl groups excluding tert-OH is 1. The number of benzene rings is 1. The number of amides is 1. The summed E-state index contributed by atoms with van der Waals surface area (Å²) in [6.45, 7) is 8.38. The normalized spacial score (nSPS) is 20.0. The van der Waals surface area contributed by atoms with Gasteiger partial charge in [0.25, 0.3) is 0 Å². The Hall–Kier alpha value is -1.26. The van der Waals surface area contributed by atoms with Crippen LogP contribution in [0.4, 0.5) is 4.79 Å². The van der Waals surface area contributed by atoms with Gasteiger partial charge in [-0.2, -0.15) is 0 Å². The van der Waals surface area contributed by atoms with E-state index in [2.05, 4.69) is 15.2 Å². The van der Waals surface area contributed by atoms with Crippen molar-refractivity contribution in [2.24, 2.45) is 4.99 Å². The van der Waals surface area contributed by atoms with Crippen molar-refractivity contribution in [3.05, 3.63) is 34.9 Å². The van der Waals surface area contributed by atoms with Crippen LogP contribution in [-0.2, 0) is 4.74 Å². The lowest BCUT2D eigenvalue weighted by molar-refractivity contribution is 0.0137. The van der Waals surface area contributed by atoms with Crippen LogP contribution in [0.5, 0.6) is 0 Å². The molecule has 0 spiro atoms. The largest absolute Gasteiger partial charge is 0.444 e. The highest BCUT2D eigenvalue weighted by Crippen LogP contribution is 2.23. The van der Waals surface area contributed by atoms with Gasteiger partial charge in [-0.25, -0.2) is 4.79 Å². The van der Waals surface area contributed by atoms with E-state index in [1.165, 1.54) is 0 Å². The molecule has 2 unspecified atom stereocenters. The van der Waals surface area contributed by atoms with Gasteiger partial charge in [-0.3, -0.25) is 4.99 Å². The Morgan fingerprint density at radius 1 is 1.39 bits per heavy atom. The molecule has 9 heteroatoms. The number of carbonyl (C=O) groups is 1. The molecule has 2 aliphatic heterocycles. The van der Waals surface area contributed by atoms with Crippen molar-refractivity contribution in [1.82, 2.24) is 15.1 Å². The highest BCUT2D eigenvalue weighted by atomic mass is 127. The first-order valence-corrected chi connectivity index (χ1v) is 9.58. The molecule has 1 aromatic rings. The summed E-state index contributed by atoms with van der Waals surface area (Å²) in [6, 6.07) is 7.39. The lowest BCUT2D eigenvalue weighted by Crippen LogP contribution is -2.57. The monoisotopic (exact) mass is 522 g/mol. The van der Waals surface area contributed by atoms with Crippen molar-refractivity contribution in [3.63, 3.8) is 0 Å². The highest BCUT2D eigenvalue weighted by Gasteiger charge is 2.36. The predicted molar refractivity (Wildman–Crippen MR) is 120 cm³/mol. The standard InChI is InChI=1S/C19H27ClN4O3.HI/c1-19(2,3)27-18(26)23-8-9-24-13(12-23)10-21-17(24)22-11-16(25)14-6-4-5-7-15(14)20;/h4-7,13,16,25H,8-12H2,1-3H3,(H,21,22);1H. The number of nitrogens with zero attached hydrogens (tertiary/aromatic N) is 3. The molecule has 3 rings (SSSR count). The summed E-state index contributed by atoms with van der Waals surface area (Å²) >= 11 is 6.14. The van der Waals surface area contributed by atoms with Gasteiger partial charge in [-0.15, -0.1) is 24.0 Å². The minimum atomic E-state index is -0.719. The van der Waals surface area contributed by atoms with Crippen LogP contribution in [0.2, 0.25) is 5.02 Å². The van der Waals surface area contributed by atoms with E-state index in [1.807, 2.05) is 39.0 Å². The molecular weight excluding hydrogens is 495 g/mol. The number of hydrogen-bond donors (Lipinski definition) is 2. The first-order valence-electron chi connectivity index (χ1n) is 9.20. The lowest BCUT2D eigenvalue weighted by Gasteiger charge is -2.39. The maximum absolute atomic E-state index is 12.3. The van der Waals surface area contributed by atoms with E-state index in [9.17, 15) is 9.90 Å². The predicted octanol–water partition coefficient (Wildman–Crippen LogP) is 2.87. The SMILES string of the molecule is CC(C)(C)OC(=O)N1CCN2C(NCC(O)c3ccccc3Cl)=NCC2C1.I. The summed E-state index contributed by atoms with van der Waals surface area (Å²) in [5, 5.41) is 14.2. The van der Waals surface area contributed by atoms with Gasteiger partial charge in [0.15, 0.2) is 5.96 Å². The van der Waals surface area contributed by atoms with E-state index in [0.717, 1.165) is 5.96 Å². The fourth-order valence-corrected chi connectivity index (χ4v) is 3.53. The minimum Gasteiger partial charge on any atom is -0.444 e. The third-order valence-electron chi connectivity index (χ3n) is 4.58. The fraction of sp³-hybridized carbons (Fsp3) is 0.579. The molecule has 28 heavy (non-hydrogen) atoms. The minimum absolute atomic E-state index is 0. The molecule has 0 aromatic heterocycles. The number of hydrogen-bond acceptors (Lipinski definition) is 6. The topological polar surface area (TPSA) is 77.4 Å². The smallest absolute Gasteiger partial charge is 0.410 e. The van der Waals surface area contributed by atoms with E-state index < -0.39 is 11.7 Å². The molecule has 0 aliphatic carbocycles. The van der Waals surface area contributed by atoms with Gasteiger partial charge in [-0.05, 0) is 26.8 Å². The molecule has 0 bridgehead atoms. The van der Waals surface area contributed by atoms with Crippen LogP contribution < -0.4 is 5.32 Å². The Kier molecular flexibility index (Phi) is 7.81. The number of carbonyl (C=O) groups excluding carboxylic acids is 1. The van der Waals surface area contributed by atoms with Crippen molar-refractivity contribution >= 4 is 47.6 Å². The van der Waals surface area contributed by atoms with E-state index in [1.54, 1.807) is 11.0 Å². The number of piperazine rings is 1. The molecule has 2 atom stereocenters. The third-order valence-corrected chi connectivity index (χ3v) is 4.92. The van der Waals surface area contributed by atoms with Crippen molar-refractivity contribution in [1.29, 1.82) is 0 Å². The van der Waals surface area contributed by atoms with Gasteiger partial charge in [0, 0.05) is 36.8 Å². The van der Waals surface area contributed by atoms with E-state index in [4.69, 9.17) is 16.3 Å². The quantitative estimate of drug-likeness (QED) is 0.597. The average molecular weight is 523 g/mol. The molecule has 0 radical (unpaired) electrons. The zero-order valence-electron chi connectivity index (χ0n) is 16.4. The molecule has 2 heterocycles. The van der Waals surface area contributed by atoms with Gasteiger partial charge < -0.3 is 25.0 Å². The third kappa shape index (κ3) is 5.64. The second kappa shape index (κ2) is 9.49. The van der Waals surface area contributed by atoms with Gasteiger partial charge in [-0.1, -0.05) is 29.8 Å². The van der Waals surface area contributed by atoms with Crippen molar-refractivity contribution in [2.75, 3.05) is 32.7 Å². The Labute approximate surface area is 188 Å². The number of rotatable bonds is 3. The van der Waals surface area contributed by atoms with Gasteiger partial charge >= 0.3 is 6.09 Å². The average Bonchev–Trinajstić information content (AvgIpc) is 3.01. The number of guanidine groups is 1. The summed E-state index contributed by atoms with van der Waals surface area (Å²) in [4.78, 5) is 20.7. The number of ether oxygens (including phenoxy) is 1. The van der Waals surface area contributed by atoms with Crippen LogP contribution in [0.25, 0.3) is 0 Å². The van der Waals surface area contributed by atoms with Crippen molar-refractivity contribution in [3.8, 4) is 0 Å². The number of halogens is 2. The molecule has 1 aromatic carbocycles. The second-order valence-corrected chi connectivity index (χ2v) is 8.26. The van der Waals surface area contributed by atoms with E-state index in [0.29, 0.717) is 43.3 Å². The molecule has 156 valence electrons. The molecule has 7 nitrogen and oxygen atoms in total. The zero-order valence-corrected chi connectivity index (χ0v) is 19.5. The first kappa shape index (κ1) is 23.0. The maximum Gasteiger partial charge on any atom is 0.410 e. The Bertz CT molecular complexity index is 725.